The average Bonchev–Trinajstić information content (AvgIpc) is 3.83. The minimum absolute atomic E-state index is 0.0348. The quantitative estimate of drug-likeness (QED) is 0.130. The summed E-state index contributed by atoms with van der Waals surface area (Å²) in [6, 6.07) is 15.4. The highest BCUT2D eigenvalue weighted by atomic mass is 19.4. The van der Waals surface area contributed by atoms with Crippen molar-refractivity contribution in [2.24, 2.45) is 10.5 Å². The molecule has 1 saturated carbocycles. The first kappa shape index (κ1) is 32.0. The van der Waals surface area contributed by atoms with E-state index in [-0.39, 0.29) is 35.1 Å². The largest absolute Gasteiger partial charge is 0.481 e. The normalized spacial score (nSPS) is 15.0. The maximum absolute atomic E-state index is 13.8. The van der Waals surface area contributed by atoms with Crippen LogP contribution >= 0.6 is 0 Å². The van der Waals surface area contributed by atoms with Gasteiger partial charge in [-0.15, -0.1) is 0 Å². The Morgan fingerprint density at radius 3 is 2.46 bits per heavy atom. The maximum atomic E-state index is 13.8. The molecule has 2 heterocycles. The second-order valence-corrected chi connectivity index (χ2v) is 12.4. The molecule has 0 bridgehead atoms. The molecule has 236 valence electrons. The smallest absolute Gasteiger partial charge is 0.411 e. The lowest BCUT2D eigenvalue weighted by Crippen LogP contribution is -2.42. The molecule has 13 heteroatoms. The highest BCUT2D eigenvalue weighted by Gasteiger charge is 2.63. The average molecular weight is 628 g/mol. The van der Waals surface area contributed by atoms with Crippen LogP contribution in [0.25, 0.3) is 21.8 Å². The molecular weight excluding hydrogens is 595 g/mol. The van der Waals surface area contributed by atoms with Crippen LogP contribution in [0.3, 0.4) is 0 Å². The van der Waals surface area contributed by atoms with Crippen LogP contribution in [-0.4, -0.2) is 35.3 Å². The SMILES string of the molecule is COc1ccc2c([C@H](Nc3cc(C#N)c4ncc(C#N)c(NCC(C)(C)C)c4c3)/C(=C/NC3(C(F)(F)F)CC3)N=N)cccc2n1. The van der Waals surface area contributed by atoms with Crippen LogP contribution in [0.4, 0.5) is 24.5 Å². The summed E-state index contributed by atoms with van der Waals surface area (Å²) in [5, 5.41) is 33.9. The van der Waals surface area contributed by atoms with Crippen molar-refractivity contribution in [3.63, 3.8) is 0 Å². The zero-order chi connectivity index (χ0) is 33.3. The van der Waals surface area contributed by atoms with Gasteiger partial charge in [0.25, 0.3) is 0 Å². The number of methoxy groups -OCH3 is 1. The lowest BCUT2D eigenvalue weighted by molar-refractivity contribution is -0.163. The molecule has 1 atom stereocenters. The van der Waals surface area contributed by atoms with Crippen molar-refractivity contribution < 1.29 is 17.9 Å². The minimum atomic E-state index is -4.48. The van der Waals surface area contributed by atoms with Gasteiger partial charge in [-0.25, -0.2) is 10.5 Å². The van der Waals surface area contributed by atoms with Crippen molar-refractivity contribution in [2.45, 2.75) is 51.4 Å². The number of pyridine rings is 2. The Bertz CT molecular complexity index is 1930. The Kier molecular flexibility index (Phi) is 8.46. The van der Waals surface area contributed by atoms with E-state index in [0.717, 1.165) is 6.20 Å². The Morgan fingerprint density at radius 2 is 1.85 bits per heavy atom. The van der Waals surface area contributed by atoms with E-state index in [9.17, 15) is 23.7 Å². The summed E-state index contributed by atoms with van der Waals surface area (Å²) in [4.78, 5) is 8.89. The van der Waals surface area contributed by atoms with Crippen LogP contribution in [0.15, 0.2) is 65.7 Å². The van der Waals surface area contributed by atoms with Gasteiger partial charge < -0.3 is 20.7 Å². The number of nitriles is 2. The maximum Gasteiger partial charge on any atom is 0.411 e. The van der Waals surface area contributed by atoms with Crippen molar-refractivity contribution in [3.05, 3.63) is 77.2 Å². The first-order valence-electron chi connectivity index (χ1n) is 14.5. The highest BCUT2D eigenvalue weighted by molar-refractivity contribution is 5.99. The lowest BCUT2D eigenvalue weighted by Gasteiger charge is -2.25. The third-order valence-electron chi connectivity index (χ3n) is 7.79. The van der Waals surface area contributed by atoms with Gasteiger partial charge in [0.2, 0.25) is 5.88 Å². The minimum Gasteiger partial charge on any atom is -0.481 e. The third-order valence-corrected chi connectivity index (χ3v) is 7.79. The Morgan fingerprint density at radius 1 is 1.11 bits per heavy atom. The van der Waals surface area contributed by atoms with Gasteiger partial charge in [0.15, 0.2) is 0 Å². The van der Waals surface area contributed by atoms with E-state index in [0.29, 0.717) is 51.2 Å². The molecule has 0 saturated heterocycles. The summed E-state index contributed by atoms with van der Waals surface area (Å²) in [5.41, 5.74) is 8.69. The fourth-order valence-corrected chi connectivity index (χ4v) is 5.13. The summed E-state index contributed by atoms with van der Waals surface area (Å²) >= 11 is 0. The highest BCUT2D eigenvalue weighted by Crippen LogP contribution is 2.49. The molecule has 4 N–H and O–H groups in total. The Balaban J connectivity index is 1.68. The fraction of sp³-hybridized carbons (Fsp3) is 0.333. The summed E-state index contributed by atoms with van der Waals surface area (Å²) in [5.74, 6) is 0.377. The number of rotatable bonds is 10. The van der Waals surface area contributed by atoms with Gasteiger partial charge >= 0.3 is 6.18 Å². The fourth-order valence-electron chi connectivity index (χ4n) is 5.13. The first-order chi connectivity index (χ1) is 21.8. The molecule has 2 aromatic heterocycles. The Hall–Kier alpha value is -5.43. The number of ether oxygens (including phenoxy) is 1. The van der Waals surface area contributed by atoms with Gasteiger partial charge in [-0.1, -0.05) is 32.9 Å². The Labute approximate surface area is 263 Å². The number of benzene rings is 2. The summed E-state index contributed by atoms with van der Waals surface area (Å²) in [6.45, 7) is 6.64. The molecule has 0 spiro atoms. The standard InChI is InChI=1S/C33H32F3N9O/c1-31(2,3)18-41-29-20(15-38)16-40-28-19(14-37)12-21(13-24(28)29)43-30(26(45-39)17-42-32(10-11-32)33(34,35)36)23-6-5-7-25-22(23)8-9-27(44-25)46-4/h5-9,12-13,16-17,30,39,42-43H,10-11,18H2,1-4H3,(H,40,41)/b26-17-,45-39?/t30-/m0/s1. The van der Waals surface area contributed by atoms with Crippen LogP contribution in [0.5, 0.6) is 5.88 Å². The molecular formula is C33H32F3N9O. The number of alkyl halides is 3. The van der Waals surface area contributed by atoms with E-state index in [4.69, 9.17) is 10.3 Å². The van der Waals surface area contributed by atoms with Gasteiger partial charge in [-0.2, -0.15) is 28.8 Å². The van der Waals surface area contributed by atoms with E-state index in [1.165, 1.54) is 13.3 Å². The molecule has 46 heavy (non-hydrogen) atoms. The third kappa shape index (κ3) is 6.35. The number of nitrogens with one attached hydrogen (secondary N) is 4. The number of halogens is 3. The van der Waals surface area contributed by atoms with Gasteiger partial charge in [0.05, 0.1) is 41.0 Å². The summed E-state index contributed by atoms with van der Waals surface area (Å²) in [6.07, 6.45) is -2.13. The van der Waals surface area contributed by atoms with Crippen molar-refractivity contribution >= 4 is 33.2 Å². The molecule has 1 aliphatic carbocycles. The molecule has 4 aromatic rings. The predicted molar refractivity (Wildman–Crippen MR) is 168 cm³/mol. The zero-order valence-electron chi connectivity index (χ0n) is 25.7. The molecule has 5 rings (SSSR count). The van der Waals surface area contributed by atoms with Crippen molar-refractivity contribution in [1.29, 1.82) is 16.1 Å². The van der Waals surface area contributed by atoms with Crippen LogP contribution in [0.1, 0.15) is 56.3 Å². The number of aromatic nitrogens is 2. The number of anilines is 2. The number of fused-ring (bicyclic) bond motifs is 2. The lowest BCUT2D eigenvalue weighted by atomic mass is 9.96. The van der Waals surface area contributed by atoms with E-state index < -0.39 is 17.8 Å². The number of hydrogen-bond donors (Lipinski definition) is 4. The zero-order valence-corrected chi connectivity index (χ0v) is 25.7. The van der Waals surface area contributed by atoms with E-state index >= 15 is 0 Å². The molecule has 2 aromatic carbocycles. The molecule has 0 radical (unpaired) electrons. The number of nitrogens with zero attached hydrogens (tertiary/aromatic N) is 5. The van der Waals surface area contributed by atoms with Crippen molar-refractivity contribution in [1.82, 2.24) is 15.3 Å². The van der Waals surface area contributed by atoms with E-state index in [2.05, 4.69) is 43.2 Å². The summed E-state index contributed by atoms with van der Waals surface area (Å²) < 4.78 is 46.7. The van der Waals surface area contributed by atoms with Gasteiger partial charge in [0.1, 0.15) is 23.4 Å². The second kappa shape index (κ2) is 12.2. The van der Waals surface area contributed by atoms with Gasteiger partial charge in [-0.05, 0) is 48.1 Å². The van der Waals surface area contributed by atoms with E-state index in [1.807, 2.05) is 20.8 Å². The number of hydrogen-bond acceptors (Lipinski definition) is 10. The molecule has 1 fully saturated rings. The molecule has 1 aliphatic rings. The van der Waals surface area contributed by atoms with Crippen molar-refractivity contribution in [3.8, 4) is 18.0 Å². The second-order valence-electron chi connectivity index (χ2n) is 12.4. The van der Waals surface area contributed by atoms with Crippen LogP contribution in [0, 0.1) is 33.6 Å². The van der Waals surface area contributed by atoms with Crippen LogP contribution in [0.2, 0.25) is 0 Å². The van der Waals surface area contributed by atoms with Crippen LogP contribution in [-0.2, 0) is 0 Å². The molecule has 0 amide bonds. The molecule has 10 nitrogen and oxygen atoms in total. The summed E-state index contributed by atoms with van der Waals surface area (Å²) in [7, 11) is 1.49. The van der Waals surface area contributed by atoms with Crippen molar-refractivity contribution in [2.75, 3.05) is 24.3 Å². The molecule has 0 unspecified atom stereocenters. The first-order valence-corrected chi connectivity index (χ1v) is 14.5. The topological polar surface area (TPSA) is 155 Å². The monoisotopic (exact) mass is 627 g/mol. The van der Waals surface area contributed by atoms with E-state index in [1.54, 1.807) is 42.5 Å². The van der Waals surface area contributed by atoms with Crippen LogP contribution < -0.4 is 20.7 Å². The van der Waals surface area contributed by atoms with Gasteiger partial charge in [0, 0.05) is 41.5 Å². The van der Waals surface area contributed by atoms with Gasteiger partial charge in [-0.3, -0.25) is 4.98 Å². The predicted octanol–water partition coefficient (Wildman–Crippen LogP) is 7.70. The molecule has 0 aliphatic heterocycles.